The fourth-order valence-electron chi connectivity index (χ4n) is 7.21. The zero-order valence-corrected chi connectivity index (χ0v) is 46.1. The van der Waals surface area contributed by atoms with E-state index in [0.29, 0.717) is 26.4 Å². The summed E-state index contributed by atoms with van der Waals surface area (Å²) in [5, 5.41) is 0. The maximum absolute atomic E-state index is 6.77. The molecular weight excluding hydrogens is 839 g/mol. The number of hydrogen-bond acceptors (Lipinski definition) is 7. The van der Waals surface area contributed by atoms with Gasteiger partial charge in [0.2, 0.25) is 0 Å². The predicted octanol–water partition coefficient (Wildman–Crippen LogP) is 19.2. The Morgan fingerprint density at radius 1 is 0.413 bits per heavy atom. The van der Waals surface area contributed by atoms with Gasteiger partial charge in [-0.2, -0.15) is 0 Å². The number of aryl methyl sites for hydroxylation is 2. The van der Waals surface area contributed by atoms with E-state index in [0.717, 1.165) is 72.0 Å². The lowest BCUT2D eigenvalue weighted by Gasteiger charge is -2.28. The molecule has 0 spiro atoms. The highest BCUT2D eigenvalue weighted by atomic mass is 32.2. The average molecular weight is 935 g/mol. The Balaban J connectivity index is 2.36. The summed E-state index contributed by atoms with van der Waals surface area (Å²) in [6.45, 7) is 39.0. The molecule has 0 aliphatic heterocycles. The Labute approximate surface area is 396 Å². The molecule has 63 heavy (non-hydrogen) atoms. The summed E-state index contributed by atoms with van der Waals surface area (Å²) in [7, 11) is -3.06. The molecule has 0 saturated carbocycles. The standard InChI is InChI=1S/C54H96O6P2S/c1-41(2)29-21-17-25-33-55-61(56-34-26-18-22-30-42(3)4)59-49-37-45(9)51(39-47(49)53(11,12)13)63-52-40-48(54(14,15)16)50(38-46(52)10)60-62(57-35-27-19-23-31-43(5)6)58-36-28-20-24-32-44(7)8/h37-44H,17-36H2,1-16H3. The fourth-order valence-corrected chi connectivity index (χ4v) is 10.3. The second-order valence-corrected chi connectivity index (χ2v) is 25.1. The van der Waals surface area contributed by atoms with Gasteiger partial charge < -0.3 is 27.1 Å². The minimum Gasteiger partial charge on any atom is -0.426 e. The second-order valence-electron chi connectivity index (χ2n) is 21.8. The first-order valence-electron chi connectivity index (χ1n) is 25.1. The van der Waals surface area contributed by atoms with Gasteiger partial charge in [-0.1, -0.05) is 186 Å². The monoisotopic (exact) mass is 935 g/mol. The SMILES string of the molecule is Cc1cc(OP(OCCCCCC(C)C)OCCCCCC(C)C)c(C(C)(C)C)cc1Sc1cc(C(C)(C)C)c(OP(OCCCCCC(C)C)OCCCCCC(C)C)cc1C. The van der Waals surface area contributed by atoms with Crippen molar-refractivity contribution in [3.05, 3.63) is 46.5 Å². The van der Waals surface area contributed by atoms with Crippen LogP contribution < -0.4 is 9.05 Å². The van der Waals surface area contributed by atoms with Gasteiger partial charge >= 0.3 is 17.2 Å². The van der Waals surface area contributed by atoms with Crippen LogP contribution in [0, 0.1) is 37.5 Å². The number of benzene rings is 2. The zero-order valence-electron chi connectivity index (χ0n) is 43.5. The van der Waals surface area contributed by atoms with Gasteiger partial charge in [-0.3, -0.25) is 0 Å². The van der Waals surface area contributed by atoms with Gasteiger partial charge in [-0.25, -0.2) is 0 Å². The molecule has 6 nitrogen and oxygen atoms in total. The summed E-state index contributed by atoms with van der Waals surface area (Å²) in [6.07, 6.45) is 18.7. The van der Waals surface area contributed by atoms with E-state index < -0.39 is 17.2 Å². The van der Waals surface area contributed by atoms with Gasteiger partial charge in [-0.05, 0) is 109 Å². The molecule has 2 aromatic carbocycles. The number of unbranched alkanes of at least 4 members (excludes halogenated alkanes) is 8. The molecule has 0 heterocycles. The molecule has 0 amide bonds. The van der Waals surface area contributed by atoms with Crippen molar-refractivity contribution in [2.45, 2.75) is 234 Å². The molecule has 0 aromatic heterocycles. The van der Waals surface area contributed by atoms with Crippen molar-refractivity contribution in [3.8, 4) is 11.5 Å². The molecule has 0 aliphatic carbocycles. The van der Waals surface area contributed by atoms with Crippen molar-refractivity contribution in [3.63, 3.8) is 0 Å². The first kappa shape index (κ1) is 58.2. The normalized spacial score (nSPS) is 12.7. The lowest BCUT2D eigenvalue weighted by atomic mass is 9.86. The Morgan fingerprint density at radius 2 is 0.683 bits per heavy atom. The van der Waals surface area contributed by atoms with Crippen molar-refractivity contribution in [1.29, 1.82) is 0 Å². The van der Waals surface area contributed by atoms with Gasteiger partial charge in [0.15, 0.2) is 0 Å². The Bertz CT molecular complexity index is 1360. The minimum absolute atomic E-state index is 0.156. The van der Waals surface area contributed by atoms with Crippen LogP contribution in [0.5, 0.6) is 11.5 Å². The number of hydrogen-bond donors (Lipinski definition) is 0. The van der Waals surface area contributed by atoms with Crippen LogP contribution in [0.25, 0.3) is 0 Å². The third kappa shape index (κ3) is 25.7. The Morgan fingerprint density at radius 3 is 0.921 bits per heavy atom. The molecule has 0 N–H and O–H groups in total. The summed E-state index contributed by atoms with van der Waals surface area (Å²) < 4.78 is 39.2. The first-order valence-corrected chi connectivity index (χ1v) is 28.1. The van der Waals surface area contributed by atoms with Crippen LogP contribution in [0.3, 0.4) is 0 Å². The third-order valence-electron chi connectivity index (χ3n) is 11.2. The molecule has 9 heteroatoms. The number of rotatable bonds is 34. The third-order valence-corrected chi connectivity index (χ3v) is 14.8. The molecule has 0 aliphatic rings. The van der Waals surface area contributed by atoms with Crippen LogP contribution in [0.2, 0.25) is 0 Å². The highest BCUT2D eigenvalue weighted by Crippen LogP contribution is 2.50. The van der Waals surface area contributed by atoms with E-state index in [1.165, 1.54) is 98.0 Å². The molecule has 0 atom stereocenters. The zero-order chi connectivity index (χ0) is 47.0. The summed E-state index contributed by atoms with van der Waals surface area (Å²) >= 11 is 1.82. The highest BCUT2D eigenvalue weighted by molar-refractivity contribution is 7.99. The fraction of sp³-hybridized carbons (Fsp3) is 0.778. The van der Waals surface area contributed by atoms with E-state index in [1.54, 1.807) is 0 Å². The van der Waals surface area contributed by atoms with Gasteiger partial charge in [0, 0.05) is 20.9 Å². The molecule has 364 valence electrons. The molecule has 0 radical (unpaired) electrons. The van der Waals surface area contributed by atoms with Gasteiger partial charge in [-0.15, -0.1) is 0 Å². The molecule has 2 aromatic rings. The first-order chi connectivity index (χ1) is 29.7. The van der Waals surface area contributed by atoms with E-state index in [2.05, 4.69) is 135 Å². The molecule has 0 saturated heterocycles. The quantitative estimate of drug-likeness (QED) is 0.0512. The topological polar surface area (TPSA) is 55.4 Å². The summed E-state index contributed by atoms with van der Waals surface area (Å²) in [5.74, 6) is 4.66. The summed E-state index contributed by atoms with van der Waals surface area (Å²) in [5.41, 5.74) is 4.35. The highest BCUT2D eigenvalue weighted by Gasteiger charge is 2.28. The average Bonchev–Trinajstić information content (AvgIpc) is 3.17. The van der Waals surface area contributed by atoms with Gasteiger partial charge in [0.1, 0.15) is 11.5 Å². The molecule has 2 rings (SSSR count). The largest absolute Gasteiger partial charge is 0.426 e. The lowest BCUT2D eigenvalue weighted by molar-refractivity contribution is 0.196. The lowest BCUT2D eigenvalue weighted by Crippen LogP contribution is -2.14. The maximum Gasteiger partial charge on any atom is 0.397 e. The Kier molecular flexibility index (Phi) is 28.8. The van der Waals surface area contributed by atoms with Crippen molar-refractivity contribution >= 4 is 29.0 Å². The summed E-state index contributed by atoms with van der Waals surface area (Å²) in [6, 6.07) is 9.09. The van der Waals surface area contributed by atoms with Gasteiger partial charge in [0.25, 0.3) is 0 Å². The van der Waals surface area contributed by atoms with E-state index in [9.17, 15) is 0 Å². The van der Waals surface area contributed by atoms with Crippen molar-refractivity contribution in [1.82, 2.24) is 0 Å². The van der Waals surface area contributed by atoms with Crippen LogP contribution in [0.15, 0.2) is 34.1 Å². The van der Waals surface area contributed by atoms with Crippen LogP contribution in [-0.4, -0.2) is 26.4 Å². The van der Waals surface area contributed by atoms with Crippen molar-refractivity contribution < 1.29 is 27.1 Å². The van der Waals surface area contributed by atoms with Crippen LogP contribution >= 0.6 is 29.0 Å². The van der Waals surface area contributed by atoms with Crippen LogP contribution in [-0.2, 0) is 28.9 Å². The van der Waals surface area contributed by atoms with E-state index in [4.69, 9.17) is 27.1 Å². The molecule has 0 bridgehead atoms. The van der Waals surface area contributed by atoms with Crippen molar-refractivity contribution in [2.75, 3.05) is 26.4 Å². The minimum atomic E-state index is -1.53. The molecule has 0 fully saturated rings. The molecule has 0 unspecified atom stereocenters. The predicted molar refractivity (Wildman–Crippen MR) is 276 cm³/mol. The van der Waals surface area contributed by atoms with E-state index >= 15 is 0 Å². The van der Waals surface area contributed by atoms with E-state index in [1.807, 2.05) is 11.8 Å². The molecular formula is C54H96O6P2S. The van der Waals surface area contributed by atoms with Crippen LogP contribution in [0.1, 0.15) is 222 Å². The Hall–Kier alpha value is -0.910. The van der Waals surface area contributed by atoms with Crippen molar-refractivity contribution in [2.24, 2.45) is 23.7 Å². The maximum atomic E-state index is 6.77. The second kappa shape index (κ2) is 31.2. The van der Waals surface area contributed by atoms with Crippen LogP contribution in [0.4, 0.5) is 0 Å². The van der Waals surface area contributed by atoms with Gasteiger partial charge in [0.05, 0.1) is 26.4 Å². The summed E-state index contributed by atoms with van der Waals surface area (Å²) in [4.78, 5) is 2.43. The smallest absolute Gasteiger partial charge is 0.397 e. The van der Waals surface area contributed by atoms with E-state index in [-0.39, 0.29) is 10.8 Å².